The molecular weight excluding hydrogens is 407 g/mol. The van der Waals surface area contributed by atoms with E-state index in [2.05, 4.69) is 32.4 Å². The van der Waals surface area contributed by atoms with Gasteiger partial charge in [0.05, 0.1) is 12.2 Å². The molecule has 22 heavy (non-hydrogen) atoms. The molecule has 1 saturated heterocycles. The van der Waals surface area contributed by atoms with Gasteiger partial charge < -0.3 is 10.6 Å². The van der Waals surface area contributed by atoms with Crippen LogP contribution in [0.2, 0.25) is 0 Å². The standard InChI is InChI=1S/C16H20N4S.HI/c17-16(20-9-5-2-6-10-20)18-11-15-19-14(12-21-15)13-7-3-1-4-8-13;/h1,3-4,7-8,12H,2,5-6,9-11H2,(H2,17,18);1H. The van der Waals surface area contributed by atoms with Gasteiger partial charge in [-0.05, 0) is 19.3 Å². The molecule has 1 aromatic heterocycles. The summed E-state index contributed by atoms with van der Waals surface area (Å²) < 4.78 is 0. The van der Waals surface area contributed by atoms with Gasteiger partial charge in [0.15, 0.2) is 5.96 Å². The van der Waals surface area contributed by atoms with E-state index < -0.39 is 0 Å². The number of thiazole rings is 1. The molecule has 0 saturated carbocycles. The first kappa shape index (κ1) is 17.2. The van der Waals surface area contributed by atoms with Crippen molar-refractivity contribution in [2.24, 2.45) is 10.7 Å². The number of nitrogens with zero attached hydrogens (tertiary/aromatic N) is 3. The molecule has 4 nitrogen and oxygen atoms in total. The fourth-order valence-corrected chi connectivity index (χ4v) is 3.22. The Hall–Kier alpha value is -1.15. The second-order valence-corrected chi connectivity index (χ2v) is 6.16. The van der Waals surface area contributed by atoms with Crippen LogP contribution in [-0.4, -0.2) is 28.9 Å². The van der Waals surface area contributed by atoms with E-state index >= 15 is 0 Å². The van der Waals surface area contributed by atoms with Gasteiger partial charge in [0.1, 0.15) is 5.01 Å². The minimum absolute atomic E-state index is 0. The van der Waals surface area contributed by atoms with Gasteiger partial charge in [-0.2, -0.15) is 0 Å². The maximum Gasteiger partial charge on any atom is 0.191 e. The SMILES string of the molecule is I.NC(=NCc1nc(-c2ccccc2)cs1)N1CCCCC1. The second kappa shape index (κ2) is 8.47. The van der Waals surface area contributed by atoms with Crippen molar-refractivity contribution in [1.29, 1.82) is 0 Å². The number of piperidine rings is 1. The summed E-state index contributed by atoms with van der Waals surface area (Å²) in [5.74, 6) is 0.658. The average Bonchev–Trinajstić information content (AvgIpc) is 3.03. The highest BCUT2D eigenvalue weighted by Gasteiger charge is 2.12. The van der Waals surface area contributed by atoms with Crippen molar-refractivity contribution < 1.29 is 0 Å². The zero-order valence-corrected chi connectivity index (χ0v) is 15.6. The van der Waals surface area contributed by atoms with E-state index in [-0.39, 0.29) is 24.0 Å². The number of hydrogen-bond acceptors (Lipinski definition) is 3. The lowest BCUT2D eigenvalue weighted by atomic mass is 10.1. The van der Waals surface area contributed by atoms with Crippen LogP contribution in [-0.2, 0) is 6.54 Å². The quantitative estimate of drug-likeness (QED) is 0.461. The van der Waals surface area contributed by atoms with Crippen LogP contribution < -0.4 is 5.73 Å². The number of aromatic nitrogens is 1. The van der Waals surface area contributed by atoms with Crippen LogP contribution in [0, 0.1) is 0 Å². The summed E-state index contributed by atoms with van der Waals surface area (Å²) in [5.41, 5.74) is 8.23. The third kappa shape index (κ3) is 4.42. The summed E-state index contributed by atoms with van der Waals surface area (Å²) in [6.07, 6.45) is 3.73. The van der Waals surface area contributed by atoms with Gasteiger partial charge in [0, 0.05) is 24.0 Å². The minimum Gasteiger partial charge on any atom is -0.370 e. The minimum atomic E-state index is 0. The van der Waals surface area contributed by atoms with E-state index in [9.17, 15) is 0 Å². The van der Waals surface area contributed by atoms with Crippen LogP contribution in [0.25, 0.3) is 11.3 Å². The Morgan fingerprint density at radius 1 is 1.18 bits per heavy atom. The molecule has 1 aliphatic heterocycles. The summed E-state index contributed by atoms with van der Waals surface area (Å²) in [6, 6.07) is 10.2. The van der Waals surface area contributed by atoms with Crippen molar-refractivity contribution in [3.05, 3.63) is 40.7 Å². The largest absolute Gasteiger partial charge is 0.370 e. The molecule has 6 heteroatoms. The maximum absolute atomic E-state index is 6.07. The predicted octanol–water partition coefficient (Wildman–Crippen LogP) is 3.73. The van der Waals surface area contributed by atoms with E-state index in [1.165, 1.54) is 19.3 Å². The highest BCUT2D eigenvalue weighted by Crippen LogP contribution is 2.22. The summed E-state index contributed by atoms with van der Waals surface area (Å²) in [6.45, 7) is 2.63. The van der Waals surface area contributed by atoms with Gasteiger partial charge in [-0.3, -0.25) is 0 Å². The molecule has 3 rings (SSSR count). The normalized spacial score (nSPS) is 15.5. The third-order valence-corrected chi connectivity index (χ3v) is 4.51. The molecular formula is C16H21IN4S. The molecule has 0 bridgehead atoms. The zero-order chi connectivity index (χ0) is 14.5. The predicted molar refractivity (Wildman–Crippen MR) is 104 cm³/mol. The number of hydrogen-bond donors (Lipinski definition) is 1. The molecule has 1 aromatic carbocycles. The summed E-state index contributed by atoms with van der Waals surface area (Å²) >= 11 is 1.64. The Labute approximate surface area is 152 Å². The topological polar surface area (TPSA) is 54.5 Å². The number of likely N-dealkylation sites (tertiary alicyclic amines) is 1. The fraction of sp³-hybridized carbons (Fsp3) is 0.375. The molecule has 0 aliphatic carbocycles. The lowest BCUT2D eigenvalue weighted by molar-refractivity contribution is 0.338. The van der Waals surface area contributed by atoms with Gasteiger partial charge >= 0.3 is 0 Å². The number of benzene rings is 1. The Bertz CT molecular complexity index is 606. The lowest BCUT2D eigenvalue weighted by Crippen LogP contribution is -2.40. The summed E-state index contributed by atoms with van der Waals surface area (Å²) in [5, 5.41) is 3.09. The molecule has 1 aliphatic rings. The van der Waals surface area contributed by atoms with Crippen molar-refractivity contribution in [2.45, 2.75) is 25.8 Å². The molecule has 118 valence electrons. The molecule has 2 N–H and O–H groups in total. The maximum atomic E-state index is 6.07. The van der Waals surface area contributed by atoms with Gasteiger partial charge in [0.25, 0.3) is 0 Å². The first-order chi connectivity index (χ1) is 10.3. The third-order valence-electron chi connectivity index (χ3n) is 3.68. The molecule has 2 heterocycles. The Balaban J connectivity index is 0.00000176. The van der Waals surface area contributed by atoms with Gasteiger partial charge in [-0.25, -0.2) is 9.98 Å². The first-order valence-electron chi connectivity index (χ1n) is 7.37. The number of aliphatic imine (C=N–C) groups is 1. The van der Waals surface area contributed by atoms with Crippen LogP contribution in [0.4, 0.5) is 0 Å². The van der Waals surface area contributed by atoms with E-state index in [1.54, 1.807) is 11.3 Å². The lowest BCUT2D eigenvalue weighted by Gasteiger charge is -2.27. The molecule has 1 fully saturated rings. The average molecular weight is 428 g/mol. The van der Waals surface area contributed by atoms with Crippen LogP contribution in [0.3, 0.4) is 0 Å². The van der Waals surface area contributed by atoms with Crippen LogP contribution in [0.1, 0.15) is 24.3 Å². The van der Waals surface area contributed by atoms with E-state index in [0.29, 0.717) is 12.5 Å². The highest BCUT2D eigenvalue weighted by atomic mass is 127. The molecule has 2 aromatic rings. The van der Waals surface area contributed by atoms with E-state index in [0.717, 1.165) is 29.4 Å². The summed E-state index contributed by atoms with van der Waals surface area (Å²) in [4.78, 5) is 11.3. The number of guanidine groups is 1. The number of halogens is 1. The molecule has 0 spiro atoms. The van der Waals surface area contributed by atoms with Crippen LogP contribution in [0.15, 0.2) is 40.7 Å². The van der Waals surface area contributed by atoms with Crippen molar-refractivity contribution in [1.82, 2.24) is 9.88 Å². The van der Waals surface area contributed by atoms with Crippen molar-refractivity contribution in [3.8, 4) is 11.3 Å². The zero-order valence-electron chi connectivity index (χ0n) is 12.4. The van der Waals surface area contributed by atoms with Crippen molar-refractivity contribution in [3.63, 3.8) is 0 Å². The monoisotopic (exact) mass is 428 g/mol. The van der Waals surface area contributed by atoms with Crippen molar-refractivity contribution in [2.75, 3.05) is 13.1 Å². The van der Waals surface area contributed by atoms with Gasteiger partial charge in [-0.1, -0.05) is 30.3 Å². The smallest absolute Gasteiger partial charge is 0.191 e. The van der Waals surface area contributed by atoms with Crippen LogP contribution in [0.5, 0.6) is 0 Å². The fourth-order valence-electron chi connectivity index (χ4n) is 2.50. The molecule has 0 radical (unpaired) electrons. The van der Waals surface area contributed by atoms with E-state index in [4.69, 9.17) is 5.73 Å². The highest BCUT2D eigenvalue weighted by molar-refractivity contribution is 14.0. The Morgan fingerprint density at radius 2 is 1.91 bits per heavy atom. The first-order valence-corrected chi connectivity index (χ1v) is 8.25. The van der Waals surface area contributed by atoms with Gasteiger partial charge in [0.2, 0.25) is 0 Å². The summed E-state index contributed by atoms with van der Waals surface area (Å²) in [7, 11) is 0. The van der Waals surface area contributed by atoms with Gasteiger partial charge in [-0.15, -0.1) is 35.3 Å². The van der Waals surface area contributed by atoms with E-state index in [1.807, 2.05) is 18.2 Å². The Kier molecular flexibility index (Phi) is 6.63. The molecule has 0 unspecified atom stereocenters. The number of nitrogens with two attached hydrogens (primary N) is 1. The number of rotatable bonds is 3. The molecule has 0 amide bonds. The van der Waals surface area contributed by atoms with Crippen molar-refractivity contribution >= 4 is 41.3 Å². The molecule has 0 atom stereocenters. The second-order valence-electron chi connectivity index (χ2n) is 5.21. The Morgan fingerprint density at radius 3 is 2.64 bits per heavy atom. The van der Waals surface area contributed by atoms with Crippen LogP contribution >= 0.6 is 35.3 Å².